The molecule has 0 spiro atoms. The molecule has 35 heavy (non-hydrogen) atoms. The van der Waals surface area contributed by atoms with Crippen LogP contribution in [0, 0.1) is 6.92 Å². The van der Waals surface area contributed by atoms with E-state index in [9.17, 15) is 9.90 Å². The summed E-state index contributed by atoms with van der Waals surface area (Å²) in [5, 5.41) is 23.3. The van der Waals surface area contributed by atoms with Crippen molar-refractivity contribution < 1.29 is 9.52 Å². The van der Waals surface area contributed by atoms with Gasteiger partial charge in [-0.25, -0.2) is 4.98 Å². The van der Waals surface area contributed by atoms with Crippen LogP contribution in [0.4, 0.5) is 11.5 Å². The van der Waals surface area contributed by atoms with E-state index in [1.54, 1.807) is 46.2 Å². The number of hydrogen-bond donors (Lipinski definition) is 1. The number of aromatic hydroxyl groups is 1. The van der Waals surface area contributed by atoms with Crippen molar-refractivity contribution in [3.05, 3.63) is 95.4 Å². The molecule has 2 aromatic carbocycles. The molecule has 2 aromatic heterocycles. The average molecular weight is 463 g/mol. The number of fused-ring (bicyclic) bond motifs is 2. The van der Waals surface area contributed by atoms with E-state index in [1.165, 1.54) is 12.1 Å². The van der Waals surface area contributed by atoms with Crippen molar-refractivity contribution in [2.75, 3.05) is 0 Å². The van der Waals surface area contributed by atoms with Gasteiger partial charge in [-0.2, -0.15) is 14.8 Å². The highest BCUT2D eigenvalue weighted by molar-refractivity contribution is 5.87. The van der Waals surface area contributed by atoms with E-state index in [2.05, 4.69) is 25.3 Å². The molecule has 0 saturated carbocycles. The lowest BCUT2D eigenvalue weighted by atomic mass is 10.1. The van der Waals surface area contributed by atoms with Gasteiger partial charge in [0, 0.05) is 12.4 Å². The van der Waals surface area contributed by atoms with Gasteiger partial charge in [0.15, 0.2) is 5.76 Å². The number of aryl methyl sites for hydroxylation is 1. The van der Waals surface area contributed by atoms with E-state index in [1.807, 2.05) is 37.3 Å². The zero-order valence-electron chi connectivity index (χ0n) is 18.4. The van der Waals surface area contributed by atoms with Crippen LogP contribution >= 0.6 is 0 Å². The molecule has 4 heterocycles. The van der Waals surface area contributed by atoms with Gasteiger partial charge < -0.3 is 9.52 Å². The summed E-state index contributed by atoms with van der Waals surface area (Å²) in [4.78, 5) is 21.4. The number of aromatic nitrogens is 5. The van der Waals surface area contributed by atoms with Gasteiger partial charge in [0.05, 0.1) is 34.3 Å². The summed E-state index contributed by atoms with van der Waals surface area (Å²) in [6.45, 7) is 1.86. The maximum absolute atomic E-state index is 13.1. The Morgan fingerprint density at radius 3 is 2.57 bits per heavy atom. The first kappa shape index (κ1) is 20.5. The van der Waals surface area contributed by atoms with Crippen LogP contribution in [-0.4, -0.2) is 29.4 Å². The standard InChI is InChI=1S/C25H17N7O3/c1-15-19-13-20-22(35-25(19)32(30-15)17-5-3-2-4-6-17)21(31-12-11-26-14-31)23(27-24(20)34)29-28-16-7-9-18(33)10-8-16/h2-14,33H,1H3. The van der Waals surface area contributed by atoms with Gasteiger partial charge in [0.1, 0.15) is 11.4 Å². The van der Waals surface area contributed by atoms with Crippen molar-refractivity contribution in [2.45, 2.75) is 6.92 Å². The van der Waals surface area contributed by atoms with E-state index in [0.29, 0.717) is 33.7 Å². The molecule has 4 aromatic rings. The van der Waals surface area contributed by atoms with Crippen molar-refractivity contribution in [3.8, 4) is 28.4 Å². The van der Waals surface area contributed by atoms with Gasteiger partial charge in [-0.05, 0) is 49.4 Å². The Hall–Kier alpha value is -5.12. The van der Waals surface area contributed by atoms with Crippen LogP contribution in [-0.2, 0) is 0 Å². The van der Waals surface area contributed by atoms with Crippen LogP contribution in [0.5, 0.6) is 5.75 Å². The minimum Gasteiger partial charge on any atom is -0.508 e. The second kappa shape index (κ2) is 8.03. The lowest BCUT2D eigenvalue weighted by Gasteiger charge is -2.13. The Kier molecular flexibility index (Phi) is 4.70. The summed E-state index contributed by atoms with van der Waals surface area (Å²) < 4.78 is 9.74. The Morgan fingerprint density at radius 1 is 1.03 bits per heavy atom. The highest BCUT2D eigenvalue weighted by Crippen LogP contribution is 2.37. The molecule has 1 N–H and O–H groups in total. The Bertz CT molecular complexity index is 1720. The predicted molar refractivity (Wildman–Crippen MR) is 128 cm³/mol. The summed E-state index contributed by atoms with van der Waals surface area (Å²) in [7, 11) is 0. The number of hydrogen-bond acceptors (Lipinski definition) is 8. The van der Waals surface area contributed by atoms with Crippen LogP contribution in [0.15, 0.2) is 98.8 Å². The monoisotopic (exact) mass is 463 g/mol. The lowest BCUT2D eigenvalue weighted by Crippen LogP contribution is -2.13. The molecule has 0 fully saturated rings. The summed E-state index contributed by atoms with van der Waals surface area (Å²) in [5.74, 6) is 0.466. The summed E-state index contributed by atoms with van der Waals surface area (Å²) in [5.41, 5.74) is 2.71. The zero-order valence-corrected chi connectivity index (χ0v) is 18.4. The minimum atomic E-state index is -0.499. The number of azo groups is 1. The van der Waals surface area contributed by atoms with Gasteiger partial charge in [-0.3, -0.25) is 9.36 Å². The number of phenols is 1. The van der Waals surface area contributed by atoms with Gasteiger partial charge in [-0.1, -0.05) is 18.2 Å². The van der Waals surface area contributed by atoms with E-state index < -0.39 is 5.56 Å². The fourth-order valence-corrected chi connectivity index (χ4v) is 3.85. The Morgan fingerprint density at radius 2 is 1.83 bits per heavy atom. The fraction of sp³-hybridized carbons (Fsp3) is 0.0400. The molecular formula is C25H17N7O3. The first-order chi connectivity index (χ1) is 17.1. The largest absolute Gasteiger partial charge is 0.508 e. The van der Waals surface area contributed by atoms with Crippen molar-refractivity contribution in [1.82, 2.24) is 24.3 Å². The second-order valence-electron chi connectivity index (χ2n) is 7.82. The molecule has 10 nitrogen and oxygen atoms in total. The van der Waals surface area contributed by atoms with Crippen molar-refractivity contribution >= 4 is 22.6 Å². The predicted octanol–water partition coefficient (Wildman–Crippen LogP) is 5.09. The van der Waals surface area contributed by atoms with Crippen molar-refractivity contribution in [3.63, 3.8) is 0 Å². The second-order valence-corrected chi connectivity index (χ2v) is 7.82. The Balaban J connectivity index is 1.64. The number of imidazole rings is 1. The van der Waals surface area contributed by atoms with Gasteiger partial charge in [-0.15, -0.1) is 10.2 Å². The molecular weight excluding hydrogens is 446 g/mol. The average Bonchev–Trinajstić information content (AvgIpc) is 3.52. The molecule has 10 heteroatoms. The van der Waals surface area contributed by atoms with Crippen LogP contribution in [0.3, 0.4) is 0 Å². The quantitative estimate of drug-likeness (QED) is 0.363. The SMILES string of the molecule is Cc1nn(-c2ccccc2)c2oc3c(-n4ccnc4)c(N=Nc4ccc(O)cc4)nc(=O)c-3cc12. The normalized spacial score (nSPS) is 11.7. The molecule has 0 aliphatic carbocycles. The minimum absolute atomic E-state index is 0.0687. The number of pyridine rings is 1. The molecule has 170 valence electrons. The van der Waals surface area contributed by atoms with Crippen molar-refractivity contribution in [2.24, 2.45) is 10.2 Å². The third-order valence-electron chi connectivity index (χ3n) is 5.53. The fourth-order valence-electron chi connectivity index (χ4n) is 3.85. The Labute approximate surface area is 197 Å². The van der Waals surface area contributed by atoms with E-state index in [0.717, 1.165) is 5.69 Å². The molecule has 0 atom stereocenters. The summed E-state index contributed by atoms with van der Waals surface area (Å²) in [6, 6.07) is 17.5. The first-order valence-corrected chi connectivity index (χ1v) is 10.7. The van der Waals surface area contributed by atoms with Crippen LogP contribution < -0.4 is 5.56 Å². The van der Waals surface area contributed by atoms with E-state index in [4.69, 9.17) is 4.42 Å². The number of rotatable bonds is 4. The van der Waals surface area contributed by atoms with Crippen LogP contribution in [0.1, 0.15) is 5.69 Å². The maximum Gasteiger partial charge on any atom is 0.283 e. The summed E-state index contributed by atoms with van der Waals surface area (Å²) in [6.07, 6.45) is 4.88. The van der Waals surface area contributed by atoms with E-state index >= 15 is 0 Å². The summed E-state index contributed by atoms with van der Waals surface area (Å²) >= 11 is 0. The zero-order chi connectivity index (χ0) is 23.9. The molecule has 0 bridgehead atoms. The molecule has 0 unspecified atom stereocenters. The van der Waals surface area contributed by atoms with Gasteiger partial charge >= 0.3 is 0 Å². The molecule has 0 radical (unpaired) electrons. The highest BCUT2D eigenvalue weighted by atomic mass is 16.3. The van der Waals surface area contributed by atoms with E-state index in [-0.39, 0.29) is 17.3 Å². The lowest BCUT2D eigenvalue weighted by molar-refractivity contribution is 0.475. The number of para-hydroxylation sites is 1. The third-order valence-corrected chi connectivity index (χ3v) is 5.53. The topological polar surface area (TPSA) is 124 Å². The van der Waals surface area contributed by atoms with Crippen LogP contribution in [0.25, 0.3) is 33.8 Å². The maximum atomic E-state index is 13.1. The molecule has 6 rings (SSSR count). The molecule has 0 amide bonds. The highest BCUT2D eigenvalue weighted by Gasteiger charge is 2.25. The smallest absolute Gasteiger partial charge is 0.283 e. The molecule has 0 saturated heterocycles. The molecule has 2 aliphatic rings. The number of benzene rings is 2. The first-order valence-electron chi connectivity index (χ1n) is 10.7. The molecule has 2 aliphatic heterocycles. The van der Waals surface area contributed by atoms with Crippen LogP contribution in [0.2, 0.25) is 0 Å². The number of phenolic OH excluding ortho intramolecular Hbond substituents is 1. The number of nitrogens with zero attached hydrogens (tertiary/aromatic N) is 7. The third kappa shape index (κ3) is 3.53. The van der Waals surface area contributed by atoms with Crippen molar-refractivity contribution in [1.29, 1.82) is 0 Å². The van der Waals surface area contributed by atoms with Gasteiger partial charge in [0.2, 0.25) is 11.5 Å². The van der Waals surface area contributed by atoms with Gasteiger partial charge in [0.25, 0.3) is 5.56 Å².